The molecule has 2 aromatic carbocycles. The Morgan fingerprint density at radius 2 is 1.89 bits per heavy atom. The second-order valence-corrected chi connectivity index (χ2v) is 8.29. The summed E-state index contributed by atoms with van der Waals surface area (Å²) in [7, 11) is 1.94. The normalized spacial score (nSPS) is 15.4. The van der Waals surface area contributed by atoms with Crippen molar-refractivity contribution < 1.29 is 9.50 Å². The molecule has 6 heteroatoms. The lowest BCUT2D eigenvalue weighted by Gasteiger charge is -2.15. The topological polar surface area (TPSA) is 63.2 Å². The van der Waals surface area contributed by atoms with Crippen molar-refractivity contribution in [2.45, 2.75) is 19.3 Å². The summed E-state index contributed by atoms with van der Waals surface area (Å²) in [6.07, 6.45) is 3.79. The molecule has 1 aliphatic rings. The minimum atomic E-state index is -0.407. The molecule has 0 fully saturated rings. The highest BCUT2D eigenvalue weighted by Gasteiger charge is 2.43. The van der Waals surface area contributed by atoms with Crippen LogP contribution in [0.5, 0.6) is 0 Å². The highest BCUT2D eigenvalue weighted by molar-refractivity contribution is 7.16. The smallest absolute Gasteiger partial charge is 0.270 e. The molecule has 0 spiro atoms. The summed E-state index contributed by atoms with van der Waals surface area (Å²) in [5, 5.41) is 13.8. The number of nitro groups is 1. The fourth-order valence-electron chi connectivity index (χ4n) is 3.81. The average Bonchev–Trinajstić information content (AvgIpc) is 2.87. The maximum absolute atomic E-state index is 12.8. The molecule has 2 heterocycles. The predicted molar refractivity (Wildman–Crippen MR) is 114 cm³/mol. The van der Waals surface area contributed by atoms with E-state index in [4.69, 9.17) is 0 Å². The maximum Gasteiger partial charge on any atom is 0.270 e. The van der Waals surface area contributed by atoms with Gasteiger partial charge in [-0.05, 0) is 32.1 Å². The van der Waals surface area contributed by atoms with Gasteiger partial charge in [-0.1, -0.05) is 12.1 Å². The summed E-state index contributed by atoms with van der Waals surface area (Å²) in [6.45, 7) is 4.08. The molecule has 1 aliphatic heterocycles. The van der Waals surface area contributed by atoms with Crippen molar-refractivity contribution >= 4 is 44.6 Å². The summed E-state index contributed by atoms with van der Waals surface area (Å²) in [5.74, 6) is 0. The quantitative estimate of drug-likeness (QED) is 0.363. The van der Waals surface area contributed by atoms with E-state index in [2.05, 4.69) is 0 Å². The van der Waals surface area contributed by atoms with E-state index in [0.29, 0.717) is 5.56 Å². The first-order valence-electron chi connectivity index (χ1n) is 8.89. The molecule has 5 nitrogen and oxygen atoms in total. The van der Waals surface area contributed by atoms with Crippen LogP contribution in [0, 0.1) is 10.1 Å². The Hall–Kier alpha value is -3.12. The van der Waals surface area contributed by atoms with Crippen molar-refractivity contribution in [1.82, 2.24) is 0 Å². The Morgan fingerprint density at radius 1 is 1.14 bits per heavy atom. The van der Waals surface area contributed by atoms with Crippen molar-refractivity contribution in [3.05, 3.63) is 85.4 Å². The van der Waals surface area contributed by atoms with Crippen LogP contribution in [0.25, 0.3) is 16.2 Å². The predicted octanol–water partition coefficient (Wildman–Crippen LogP) is 4.89. The molecule has 0 saturated heterocycles. The highest BCUT2D eigenvalue weighted by atomic mass is 32.1. The highest BCUT2D eigenvalue weighted by Crippen LogP contribution is 2.41. The number of hydrogen-bond acceptors (Lipinski definition) is 4. The zero-order chi connectivity index (χ0) is 20.1. The van der Waals surface area contributed by atoms with Crippen molar-refractivity contribution in [3.8, 4) is 0 Å². The summed E-state index contributed by atoms with van der Waals surface area (Å²) >= 11 is 1.54. The first-order chi connectivity index (χ1) is 13.3. The van der Waals surface area contributed by atoms with Crippen LogP contribution in [0.1, 0.15) is 25.0 Å². The Bertz CT molecular complexity index is 1250. The van der Waals surface area contributed by atoms with Gasteiger partial charge in [-0.2, -0.15) is 4.58 Å². The second-order valence-electron chi connectivity index (χ2n) is 7.38. The molecular formula is C22H19N2O3S+. The third kappa shape index (κ3) is 2.77. The number of nitro benzene ring substituents is 1. The van der Waals surface area contributed by atoms with Crippen LogP contribution in [0.4, 0.5) is 11.4 Å². The van der Waals surface area contributed by atoms with E-state index in [1.54, 1.807) is 23.5 Å². The lowest BCUT2D eigenvalue weighted by molar-refractivity contribution is -0.402. The van der Waals surface area contributed by atoms with Crippen LogP contribution in [0.2, 0.25) is 0 Å². The van der Waals surface area contributed by atoms with Gasteiger partial charge < -0.3 is 0 Å². The van der Waals surface area contributed by atoms with E-state index in [-0.39, 0.29) is 16.0 Å². The van der Waals surface area contributed by atoms with E-state index >= 15 is 0 Å². The number of rotatable bonds is 3. The van der Waals surface area contributed by atoms with Gasteiger partial charge in [0.1, 0.15) is 7.05 Å². The maximum atomic E-state index is 12.8. The van der Waals surface area contributed by atoms with E-state index in [9.17, 15) is 14.9 Å². The fourth-order valence-corrected chi connectivity index (χ4v) is 4.70. The number of allylic oxidation sites excluding steroid dienone is 1. The van der Waals surface area contributed by atoms with Gasteiger partial charge in [-0.25, -0.2) is 0 Å². The molecule has 4 rings (SSSR count). The van der Waals surface area contributed by atoms with Crippen LogP contribution in [-0.2, 0) is 5.41 Å². The average molecular weight is 391 g/mol. The molecule has 0 saturated carbocycles. The van der Waals surface area contributed by atoms with Gasteiger partial charge in [0.25, 0.3) is 5.69 Å². The monoisotopic (exact) mass is 391 g/mol. The number of hydrogen-bond donors (Lipinski definition) is 0. The molecule has 0 radical (unpaired) electrons. The molecule has 3 aromatic rings. The molecule has 0 bridgehead atoms. The fraction of sp³-hybridized carbons (Fsp3) is 0.182. The van der Waals surface area contributed by atoms with Crippen molar-refractivity contribution in [3.63, 3.8) is 0 Å². The molecule has 28 heavy (non-hydrogen) atoms. The Labute approximate surface area is 166 Å². The summed E-state index contributed by atoms with van der Waals surface area (Å²) < 4.78 is 3.00. The van der Waals surface area contributed by atoms with Gasteiger partial charge in [-0.3, -0.25) is 14.9 Å². The van der Waals surface area contributed by atoms with E-state index in [0.717, 1.165) is 27.0 Å². The third-order valence-electron chi connectivity index (χ3n) is 5.35. The zero-order valence-corrected chi connectivity index (χ0v) is 16.6. The minimum absolute atomic E-state index is 0.0119. The molecule has 0 N–H and O–H groups in total. The zero-order valence-electron chi connectivity index (χ0n) is 15.8. The number of nitrogens with zero attached hydrogens (tertiary/aromatic N) is 2. The van der Waals surface area contributed by atoms with Crippen LogP contribution in [0.3, 0.4) is 0 Å². The van der Waals surface area contributed by atoms with Crippen molar-refractivity contribution in [2.75, 3.05) is 7.05 Å². The largest absolute Gasteiger partial charge is 0.289 e. The third-order valence-corrected chi connectivity index (χ3v) is 6.34. The van der Waals surface area contributed by atoms with E-state index < -0.39 is 5.41 Å². The Balaban J connectivity index is 1.78. The van der Waals surface area contributed by atoms with E-state index in [1.807, 2.05) is 67.3 Å². The summed E-state index contributed by atoms with van der Waals surface area (Å²) in [4.78, 5) is 23.6. The van der Waals surface area contributed by atoms with Crippen molar-refractivity contribution in [1.29, 1.82) is 0 Å². The van der Waals surface area contributed by atoms with Crippen LogP contribution >= 0.6 is 11.3 Å². The van der Waals surface area contributed by atoms with Gasteiger partial charge in [0.05, 0.1) is 10.3 Å². The standard InChI is InChI=1S/C22H19N2O3S/c1-22(2)17-12-15(24(26)27)9-10-18(17)23(3)20(22)11-8-14-13-28-19-7-5-4-6-16(19)21(14)25/h4-13H,1-3H3/q+1/b11-8+. The van der Waals surface area contributed by atoms with Crippen LogP contribution < -0.4 is 5.43 Å². The summed E-state index contributed by atoms with van der Waals surface area (Å²) in [5.41, 5.74) is 3.17. The molecule has 0 unspecified atom stereocenters. The molecular weight excluding hydrogens is 372 g/mol. The second kappa shape index (κ2) is 6.49. The van der Waals surface area contributed by atoms with Gasteiger partial charge in [0, 0.05) is 50.9 Å². The van der Waals surface area contributed by atoms with Gasteiger partial charge in [0.2, 0.25) is 5.69 Å². The lowest BCUT2D eigenvalue weighted by atomic mass is 9.81. The van der Waals surface area contributed by atoms with Crippen LogP contribution in [-0.4, -0.2) is 22.3 Å². The lowest BCUT2D eigenvalue weighted by Crippen LogP contribution is -2.26. The molecule has 0 amide bonds. The Kier molecular flexibility index (Phi) is 4.23. The minimum Gasteiger partial charge on any atom is -0.289 e. The van der Waals surface area contributed by atoms with Crippen LogP contribution in [0.15, 0.2) is 58.7 Å². The van der Waals surface area contributed by atoms with Crippen molar-refractivity contribution in [2.24, 2.45) is 0 Å². The molecule has 140 valence electrons. The van der Waals surface area contributed by atoms with Gasteiger partial charge in [-0.15, -0.1) is 11.3 Å². The number of non-ortho nitro benzene ring substituents is 1. The van der Waals surface area contributed by atoms with Gasteiger partial charge >= 0.3 is 0 Å². The number of benzene rings is 2. The van der Waals surface area contributed by atoms with E-state index in [1.165, 1.54) is 6.07 Å². The number of fused-ring (bicyclic) bond motifs is 2. The molecule has 1 aromatic heterocycles. The molecule has 0 aliphatic carbocycles. The van der Waals surface area contributed by atoms with Gasteiger partial charge in [0.15, 0.2) is 11.1 Å². The Morgan fingerprint density at radius 3 is 2.64 bits per heavy atom. The first-order valence-corrected chi connectivity index (χ1v) is 9.77. The molecule has 0 atom stereocenters. The SMILES string of the molecule is C[N+]1=C(/C=C/c2csc3ccccc3c2=O)C(C)(C)c2cc([N+](=O)[O-])ccc21. The summed E-state index contributed by atoms with van der Waals surface area (Å²) in [6, 6.07) is 12.5. The first kappa shape index (κ1) is 18.3.